The first-order valence-corrected chi connectivity index (χ1v) is 4.90. The van der Waals surface area contributed by atoms with Gasteiger partial charge in [-0.2, -0.15) is 5.06 Å². The lowest BCUT2D eigenvalue weighted by atomic mass is 10.2. The van der Waals surface area contributed by atoms with Gasteiger partial charge in [0.25, 0.3) is 5.91 Å². The summed E-state index contributed by atoms with van der Waals surface area (Å²) in [5.74, 6) is -0.339. The van der Waals surface area contributed by atoms with E-state index < -0.39 is 6.03 Å². The van der Waals surface area contributed by atoms with Crippen LogP contribution in [-0.4, -0.2) is 30.5 Å². The fourth-order valence-corrected chi connectivity index (χ4v) is 1.45. The molecule has 1 fully saturated rings. The van der Waals surface area contributed by atoms with Gasteiger partial charge in [0.2, 0.25) is 0 Å². The standard InChI is InChI=1S/C11H12N2O3/c1-8-4-3-5-9(6-8)13-11(15)12(2)10(14)7-16-13/h3-6H,7H2,1-2H3. The summed E-state index contributed by atoms with van der Waals surface area (Å²) in [6.07, 6.45) is 0. The van der Waals surface area contributed by atoms with E-state index in [1.54, 1.807) is 6.07 Å². The van der Waals surface area contributed by atoms with Crippen LogP contribution in [0.2, 0.25) is 0 Å². The maximum atomic E-state index is 11.8. The Morgan fingerprint density at radius 2 is 2.06 bits per heavy atom. The Morgan fingerprint density at radius 3 is 2.75 bits per heavy atom. The van der Waals surface area contributed by atoms with Crippen LogP contribution in [0, 0.1) is 6.92 Å². The Kier molecular flexibility index (Phi) is 2.62. The zero-order valence-corrected chi connectivity index (χ0v) is 9.14. The number of urea groups is 1. The molecule has 0 radical (unpaired) electrons. The van der Waals surface area contributed by atoms with Gasteiger partial charge in [0.05, 0.1) is 5.69 Å². The fourth-order valence-electron chi connectivity index (χ4n) is 1.45. The fraction of sp³-hybridized carbons (Fsp3) is 0.273. The third kappa shape index (κ3) is 1.77. The Labute approximate surface area is 93.2 Å². The molecule has 0 atom stereocenters. The normalized spacial score (nSPS) is 16.9. The zero-order chi connectivity index (χ0) is 11.7. The van der Waals surface area contributed by atoms with Crippen molar-refractivity contribution in [3.05, 3.63) is 29.8 Å². The number of hydrogen-bond acceptors (Lipinski definition) is 3. The van der Waals surface area contributed by atoms with Crippen molar-refractivity contribution in [3.63, 3.8) is 0 Å². The molecule has 0 aromatic heterocycles. The van der Waals surface area contributed by atoms with E-state index in [1.807, 2.05) is 25.1 Å². The lowest BCUT2D eigenvalue weighted by Crippen LogP contribution is -2.51. The minimum Gasteiger partial charge on any atom is -0.272 e. The molecule has 0 N–H and O–H groups in total. The van der Waals surface area contributed by atoms with Crippen molar-refractivity contribution in [2.24, 2.45) is 0 Å². The van der Waals surface area contributed by atoms with E-state index in [9.17, 15) is 9.59 Å². The molecular weight excluding hydrogens is 208 g/mol. The second-order valence-corrected chi connectivity index (χ2v) is 3.64. The maximum absolute atomic E-state index is 11.8. The first-order chi connectivity index (χ1) is 7.59. The van der Waals surface area contributed by atoms with Gasteiger partial charge in [-0.25, -0.2) is 4.79 Å². The third-order valence-corrected chi connectivity index (χ3v) is 2.39. The number of benzene rings is 1. The summed E-state index contributed by atoms with van der Waals surface area (Å²) >= 11 is 0. The van der Waals surface area contributed by atoms with Crippen molar-refractivity contribution < 1.29 is 14.4 Å². The maximum Gasteiger partial charge on any atom is 0.355 e. The highest BCUT2D eigenvalue weighted by molar-refractivity contribution is 6.03. The van der Waals surface area contributed by atoms with Crippen LogP contribution in [-0.2, 0) is 9.63 Å². The van der Waals surface area contributed by atoms with Crippen molar-refractivity contribution >= 4 is 17.6 Å². The van der Waals surface area contributed by atoms with Gasteiger partial charge in [0, 0.05) is 7.05 Å². The van der Waals surface area contributed by atoms with E-state index in [0.29, 0.717) is 5.69 Å². The number of amides is 3. The van der Waals surface area contributed by atoms with Gasteiger partial charge >= 0.3 is 6.03 Å². The van der Waals surface area contributed by atoms with E-state index >= 15 is 0 Å². The summed E-state index contributed by atoms with van der Waals surface area (Å²) in [5, 5.41) is 1.13. The van der Waals surface area contributed by atoms with Gasteiger partial charge in [-0.3, -0.25) is 14.5 Å². The smallest absolute Gasteiger partial charge is 0.272 e. The predicted octanol–water partition coefficient (Wildman–Crippen LogP) is 1.33. The Balaban J connectivity index is 2.28. The molecule has 5 nitrogen and oxygen atoms in total. The van der Waals surface area contributed by atoms with Crippen LogP contribution in [0.3, 0.4) is 0 Å². The first-order valence-electron chi connectivity index (χ1n) is 4.90. The number of anilines is 1. The zero-order valence-electron chi connectivity index (χ0n) is 9.14. The molecule has 0 bridgehead atoms. The van der Waals surface area contributed by atoms with Gasteiger partial charge < -0.3 is 0 Å². The third-order valence-electron chi connectivity index (χ3n) is 2.39. The molecule has 1 aromatic rings. The molecule has 3 amide bonds. The summed E-state index contributed by atoms with van der Waals surface area (Å²) in [4.78, 5) is 29.1. The number of imide groups is 1. The SMILES string of the molecule is Cc1cccc(N2OCC(=O)N(C)C2=O)c1. The molecule has 0 spiro atoms. The van der Waals surface area contributed by atoms with E-state index in [4.69, 9.17) is 4.84 Å². The van der Waals surface area contributed by atoms with E-state index in [-0.39, 0.29) is 12.5 Å². The van der Waals surface area contributed by atoms with E-state index in [2.05, 4.69) is 0 Å². The van der Waals surface area contributed by atoms with Crippen molar-refractivity contribution in [2.45, 2.75) is 6.92 Å². The predicted molar refractivity (Wildman–Crippen MR) is 57.8 cm³/mol. The highest BCUT2D eigenvalue weighted by Crippen LogP contribution is 2.20. The quantitative estimate of drug-likeness (QED) is 0.717. The summed E-state index contributed by atoms with van der Waals surface area (Å²) in [5.41, 5.74) is 1.65. The monoisotopic (exact) mass is 220 g/mol. The van der Waals surface area contributed by atoms with Crippen LogP contribution >= 0.6 is 0 Å². The number of carbonyl (C=O) groups excluding carboxylic acids is 2. The Hall–Kier alpha value is -1.88. The minimum absolute atomic E-state index is 0.115. The van der Waals surface area contributed by atoms with E-state index in [0.717, 1.165) is 15.5 Å². The van der Waals surface area contributed by atoms with Crippen molar-refractivity contribution in [1.29, 1.82) is 0 Å². The van der Waals surface area contributed by atoms with Crippen molar-refractivity contribution in [2.75, 3.05) is 18.7 Å². The molecule has 1 heterocycles. The second-order valence-electron chi connectivity index (χ2n) is 3.64. The Morgan fingerprint density at radius 1 is 1.31 bits per heavy atom. The van der Waals surface area contributed by atoms with Gasteiger partial charge in [0.15, 0.2) is 6.61 Å². The van der Waals surface area contributed by atoms with Crippen LogP contribution in [0.5, 0.6) is 0 Å². The molecule has 0 saturated carbocycles. The minimum atomic E-state index is -0.471. The summed E-state index contributed by atoms with van der Waals surface area (Å²) < 4.78 is 0. The largest absolute Gasteiger partial charge is 0.355 e. The highest BCUT2D eigenvalue weighted by atomic mass is 16.7. The van der Waals surface area contributed by atoms with Gasteiger partial charge in [-0.15, -0.1) is 0 Å². The number of nitrogens with zero attached hydrogens (tertiary/aromatic N) is 2. The van der Waals surface area contributed by atoms with Crippen LogP contribution in [0.15, 0.2) is 24.3 Å². The summed E-state index contributed by atoms with van der Waals surface area (Å²) in [6.45, 7) is 1.81. The summed E-state index contributed by atoms with van der Waals surface area (Å²) in [6, 6.07) is 6.86. The summed E-state index contributed by atoms with van der Waals surface area (Å²) in [7, 11) is 1.44. The number of rotatable bonds is 1. The molecule has 2 rings (SSSR count). The lowest BCUT2D eigenvalue weighted by Gasteiger charge is -2.30. The molecule has 0 aliphatic carbocycles. The molecule has 1 aliphatic heterocycles. The van der Waals surface area contributed by atoms with Gasteiger partial charge in [-0.1, -0.05) is 12.1 Å². The molecule has 84 valence electrons. The average Bonchev–Trinajstić information content (AvgIpc) is 2.26. The van der Waals surface area contributed by atoms with Crippen LogP contribution in [0.1, 0.15) is 5.56 Å². The second kappa shape index (κ2) is 3.94. The molecular formula is C11H12N2O3. The van der Waals surface area contributed by atoms with Crippen LogP contribution < -0.4 is 5.06 Å². The molecule has 1 aromatic carbocycles. The molecule has 1 saturated heterocycles. The van der Waals surface area contributed by atoms with Crippen LogP contribution in [0.4, 0.5) is 10.5 Å². The molecule has 1 aliphatic rings. The lowest BCUT2D eigenvalue weighted by molar-refractivity contribution is -0.135. The van der Waals surface area contributed by atoms with E-state index in [1.165, 1.54) is 7.05 Å². The van der Waals surface area contributed by atoms with Crippen molar-refractivity contribution in [3.8, 4) is 0 Å². The molecule has 0 unspecified atom stereocenters. The molecule has 16 heavy (non-hydrogen) atoms. The number of aryl methyl sites for hydroxylation is 1. The number of carbonyl (C=O) groups is 2. The topological polar surface area (TPSA) is 49.9 Å². The van der Waals surface area contributed by atoms with Gasteiger partial charge in [0.1, 0.15) is 0 Å². The first kappa shape index (κ1) is 10.6. The Bertz CT molecular complexity index is 445. The van der Waals surface area contributed by atoms with Crippen LogP contribution in [0.25, 0.3) is 0 Å². The van der Waals surface area contributed by atoms with Crippen molar-refractivity contribution in [1.82, 2.24) is 4.90 Å². The highest BCUT2D eigenvalue weighted by Gasteiger charge is 2.31. The number of hydrogen-bond donors (Lipinski definition) is 0. The van der Waals surface area contributed by atoms with Gasteiger partial charge in [-0.05, 0) is 24.6 Å². The average molecular weight is 220 g/mol. The number of hydroxylamine groups is 1. The molecule has 5 heteroatoms. The number of likely N-dealkylation sites (N-methyl/N-ethyl adjacent to an activating group) is 1.